The van der Waals surface area contributed by atoms with Gasteiger partial charge in [-0.15, -0.1) is 0 Å². The predicted molar refractivity (Wildman–Crippen MR) is 111 cm³/mol. The van der Waals surface area contributed by atoms with E-state index in [9.17, 15) is 9.59 Å². The van der Waals surface area contributed by atoms with E-state index in [0.29, 0.717) is 23.7 Å². The van der Waals surface area contributed by atoms with Gasteiger partial charge in [-0.1, -0.05) is 30.3 Å². The van der Waals surface area contributed by atoms with Crippen molar-refractivity contribution in [3.8, 4) is 0 Å². The standard InChI is InChI=1S/C25H33NO3/c27-23(26-8-6-19(7-9-26)10-18-4-2-1-3-5-18)17-29-24(28)25-14-20-11-21(15-25)13-22(12-20)16-25/h1-5,19-22H,6-17H2. The van der Waals surface area contributed by atoms with Gasteiger partial charge in [-0.3, -0.25) is 9.59 Å². The van der Waals surface area contributed by atoms with Crippen LogP contribution in [0.5, 0.6) is 0 Å². The first-order valence-electron chi connectivity index (χ1n) is 11.6. The number of nitrogens with zero attached hydrogens (tertiary/aromatic N) is 1. The molecular formula is C25H33NO3. The highest BCUT2D eigenvalue weighted by Crippen LogP contribution is 2.60. The lowest BCUT2D eigenvalue weighted by Crippen LogP contribution is -2.51. The molecule has 5 aliphatic rings. The van der Waals surface area contributed by atoms with Gasteiger partial charge in [0.05, 0.1) is 5.41 Å². The van der Waals surface area contributed by atoms with Crippen molar-refractivity contribution < 1.29 is 14.3 Å². The molecule has 4 saturated carbocycles. The maximum atomic E-state index is 12.9. The van der Waals surface area contributed by atoms with Crippen LogP contribution in [-0.2, 0) is 20.7 Å². The molecule has 1 aliphatic heterocycles. The number of ether oxygens (including phenoxy) is 1. The van der Waals surface area contributed by atoms with E-state index in [2.05, 4.69) is 30.3 Å². The summed E-state index contributed by atoms with van der Waals surface area (Å²) in [5.74, 6) is 2.69. The van der Waals surface area contributed by atoms with Crippen molar-refractivity contribution in [2.45, 2.75) is 57.8 Å². The Hall–Kier alpha value is -1.84. The minimum Gasteiger partial charge on any atom is -0.455 e. The first kappa shape index (κ1) is 19.1. The van der Waals surface area contributed by atoms with Crippen LogP contribution in [0.2, 0.25) is 0 Å². The monoisotopic (exact) mass is 395 g/mol. The number of amides is 1. The van der Waals surface area contributed by atoms with Gasteiger partial charge in [0.25, 0.3) is 5.91 Å². The number of hydrogen-bond acceptors (Lipinski definition) is 3. The number of rotatable bonds is 5. The fraction of sp³-hybridized carbons (Fsp3) is 0.680. The molecule has 0 N–H and O–H groups in total. The highest BCUT2D eigenvalue weighted by molar-refractivity contribution is 5.83. The molecule has 0 atom stereocenters. The Morgan fingerprint density at radius 1 is 0.931 bits per heavy atom. The molecule has 4 heteroatoms. The topological polar surface area (TPSA) is 46.6 Å². The Labute approximate surface area is 174 Å². The molecule has 1 aromatic rings. The second-order valence-electron chi connectivity index (χ2n) is 10.3. The Kier molecular flexibility index (Phi) is 5.13. The molecule has 1 amide bonds. The molecule has 4 bridgehead atoms. The molecule has 0 spiro atoms. The van der Waals surface area contributed by atoms with Gasteiger partial charge in [-0.05, 0) is 87.0 Å². The molecule has 1 saturated heterocycles. The van der Waals surface area contributed by atoms with Gasteiger partial charge < -0.3 is 9.64 Å². The first-order chi connectivity index (χ1) is 14.1. The van der Waals surface area contributed by atoms with Gasteiger partial charge in [-0.2, -0.15) is 0 Å². The van der Waals surface area contributed by atoms with Gasteiger partial charge in [0.15, 0.2) is 6.61 Å². The zero-order valence-electron chi connectivity index (χ0n) is 17.4. The van der Waals surface area contributed by atoms with Crippen LogP contribution in [0.25, 0.3) is 0 Å². The number of likely N-dealkylation sites (tertiary alicyclic amines) is 1. The number of piperidine rings is 1. The van der Waals surface area contributed by atoms with E-state index < -0.39 is 0 Å². The van der Waals surface area contributed by atoms with Crippen molar-refractivity contribution in [2.24, 2.45) is 29.1 Å². The quantitative estimate of drug-likeness (QED) is 0.701. The molecular weight excluding hydrogens is 362 g/mol. The maximum Gasteiger partial charge on any atom is 0.312 e. The molecule has 156 valence electrons. The van der Waals surface area contributed by atoms with Gasteiger partial charge >= 0.3 is 5.97 Å². The van der Waals surface area contributed by atoms with Crippen molar-refractivity contribution in [1.29, 1.82) is 0 Å². The molecule has 6 rings (SSSR count). The SMILES string of the molecule is O=C(COC(=O)C12CC3CC(CC(C3)C1)C2)N1CCC(Cc2ccccc2)CC1. The number of carbonyl (C=O) groups excluding carboxylic acids is 2. The zero-order chi connectivity index (χ0) is 19.8. The summed E-state index contributed by atoms with van der Waals surface area (Å²) in [6.07, 6.45) is 10.1. The van der Waals surface area contributed by atoms with Gasteiger partial charge in [-0.25, -0.2) is 0 Å². The van der Waals surface area contributed by atoms with Crippen molar-refractivity contribution in [2.75, 3.05) is 19.7 Å². The summed E-state index contributed by atoms with van der Waals surface area (Å²) in [6.45, 7) is 1.50. The van der Waals surface area contributed by atoms with Crippen LogP contribution in [0.1, 0.15) is 56.9 Å². The number of hydrogen-bond donors (Lipinski definition) is 0. The summed E-state index contributed by atoms with van der Waals surface area (Å²) in [4.78, 5) is 27.5. The van der Waals surface area contributed by atoms with Crippen LogP contribution >= 0.6 is 0 Å². The largest absolute Gasteiger partial charge is 0.455 e. The van der Waals surface area contributed by atoms with Crippen LogP contribution < -0.4 is 0 Å². The van der Waals surface area contributed by atoms with Gasteiger partial charge in [0, 0.05) is 13.1 Å². The van der Waals surface area contributed by atoms with Crippen LogP contribution in [0.3, 0.4) is 0 Å². The van der Waals surface area contributed by atoms with E-state index in [0.717, 1.165) is 51.6 Å². The van der Waals surface area contributed by atoms with Crippen molar-refractivity contribution in [3.63, 3.8) is 0 Å². The van der Waals surface area contributed by atoms with Crippen molar-refractivity contribution in [3.05, 3.63) is 35.9 Å². The van der Waals surface area contributed by atoms with Crippen LogP contribution in [0.15, 0.2) is 30.3 Å². The molecule has 0 unspecified atom stereocenters. The number of benzene rings is 1. The van der Waals surface area contributed by atoms with Crippen molar-refractivity contribution in [1.82, 2.24) is 4.90 Å². The van der Waals surface area contributed by atoms with E-state index in [4.69, 9.17) is 4.74 Å². The lowest BCUT2D eigenvalue weighted by Gasteiger charge is -2.55. The summed E-state index contributed by atoms with van der Waals surface area (Å²) >= 11 is 0. The highest BCUT2D eigenvalue weighted by atomic mass is 16.5. The average molecular weight is 396 g/mol. The predicted octanol–water partition coefficient (Wildman–Crippen LogP) is 4.23. The van der Waals surface area contributed by atoms with Crippen LogP contribution in [-0.4, -0.2) is 36.5 Å². The molecule has 29 heavy (non-hydrogen) atoms. The Morgan fingerprint density at radius 3 is 2.10 bits per heavy atom. The fourth-order valence-electron chi connectivity index (χ4n) is 7.07. The molecule has 1 aromatic carbocycles. The molecule has 5 fully saturated rings. The minimum absolute atomic E-state index is 0.0127. The summed E-state index contributed by atoms with van der Waals surface area (Å²) in [5, 5.41) is 0. The minimum atomic E-state index is -0.266. The van der Waals surface area contributed by atoms with E-state index in [-0.39, 0.29) is 23.9 Å². The van der Waals surface area contributed by atoms with E-state index in [1.54, 1.807) is 0 Å². The smallest absolute Gasteiger partial charge is 0.312 e. The average Bonchev–Trinajstić information content (AvgIpc) is 2.72. The normalized spacial score (nSPS) is 33.7. The Bertz CT molecular complexity index is 715. The van der Waals surface area contributed by atoms with E-state index >= 15 is 0 Å². The summed E-state index contributed by atoms with van der Waals surface area (Å²) in [6, 6.07) is 10.6. The molecule has 4 aliphatic carbocycles. The van der Waals surface area contributed by atoms with Crippen LogP contribution in [0, 0.1) is 29.1 Å². The third-order valence-corrected chi connectivity index (χ3v) is 8.13. The highest BCUT2D eigenvalue weighted by Gasteiger charge is 2.55. The van der Waals surface area contributed by atoms with Crippen molar-refractivity contribution >= 4 is 11.9 Å². The zero-order valence-corrected chi connectivity index (χ0v) is 17.4. The Balaban J connectivity index is 1.09. The lowest BCUT2D eigenvalue weighted by atomic mass is 9.49. The van der Waals surface area contributed by atoms with E-state index in [1.807, 2.05) is 4.90 Å². The van der Waals surface area contributed by atoms with Crippen LogP contribution in [0.4, 0.5) is 0 Å². The molecule has 4 nitrogen and oxygen atoms in total. The second-order valence-corrected chi connectivity index (χ2v) is 10.3. The maximum absolute atomic E-state index is 12.9. The molecule has 1 heterocycles. The third kappa shape index (κ3) is 3.95. The summed E-state index contributed by atoms with van der Waals surface area (Å²) in [5.41, 5.74) is 1.11. The second kappa shape index (κ2) is 7.77. The summed E-state index contributed by atoms with van der Waals surface area (Å²) < 4.78 is 5.63. The molecule has 0 aromatic heterocycles. The number of esters is 1. The fourth-order valence-corrected chi connectivity index (χ4v) is 7.07. The molecule has 0 radical (unpaired) electrons. The van der Waals surface area contributed by atoms with E-state index in [1.165, 1.54) is 24.8 Å². The summed E-state index contributed by atoms with van der Waals surface area (Å²) in [7, 11) is 0. The van der Waals surface area contributed by atoms with Gasteiger partial charge in [0.1, 0.15) is 0 Å². The first-order valence-corrected chi connectivity index (χ1v) is 11.6. The third-order valence-electron chi connectivity index (χ3n) is 8.13. The Morgan fingerprint density at radius 2 is 1.52 bits per heavy atom. The van der Waals surface area contributed by atoms with Gasteiger partial charge in [0.2, 0.25) is 0 Å². The lowest BCUT2D eigenvalue weighted by molar-refractivity contribution is -0.174. The number of carbonyl (C=O) groups is 2.